The molecule has 0 atom stereocenters. The number of para-hydroxylation sites is 1. The molecule has 0 heterocycles. The highest BCUT2D eigenvalue weighted by Crippen LogP contribution is 2.34. The maximum absolute atomic E-state index is 12.0. The van der Waals surface area contributed by atoms with Crippen molar-refractivity contribution in [2.45, 2.75) is 13.5 Å². The maximum atomic E-state index is 12.0. The molecule has 1 amide bonds. The van der Waals surface area contributed by atoms with Crippen LogP contribution in [-0.4, -0.2) is 25.3 Å². The minimum absolute atomic E-state index is 0.134. The second-order valence-corrected chi connectivity index (χ2v) is 7.71. The normalized spacial score (nSPS) is 10.6. The van der Waals surface area contributed by atoms with Gasteiger partial charge in [0, 0.05) is 5.69 Å². The lowest BCUT2D eigenvalue weighted by Crippen LogP contribution is -2.25. The summed E-state index contributed by atoms with van der Waals surface area (Å²) in [5.74, 6) is 1.10. The SMILES string of the molecule is CCOc1cc(/C=N\NC(=O)CNc2ccccc2)cc(I)c1OCc1ccccc1. The second kappa shape index (κ2) is 11.9. The molecule has 0 aliphatic heterocycles. The number of benzene rings is 3. The van der Waals surface area contributed by atoms with Crippen molar-refractivity contribution in [1.82, 2.24) is 5.43 Å². The molecule has 0 fully saturated rings. The van der Waals surface area contributed by atoms with Crippen LogP contribution in [0.3, 0.4) is 0 Å². The number of amides is 1. The van der Waals surface area contributed by atoms with Crippen LogP contribution >= 0.6 is 22.6 Å². The van der Waals surface area contributed by atoms with E-state index in [9.17, 15) is 4.79 Å². The summed E-state index contributed by atoms with van der Waals surface area (Å²) in [4.78, 5) is 12.0. The van der Waals surface area contributed by atoms with E-state index in [4.69, 9.17) is 9.47 Å². The highest BCUT2D eigenvalue weighted by Gasteiger charge is 2.12. The molecule has 0 aromatic heterocycles. The van der Waals surface area contributed by atoms with Gasteiger partial charge in [0.25, 0.3) is 5.91 Å². The molecule has 3 aromatic rings. The first kappa shape index (κ1) is 22.6. The van der Waals surface area contributed by atoms with Crippen molar-refractivity contribution in [2.75, 3.05) is 18.5 Å². The van der Waals surface area contributed by atoms with Crippen molar-refractivity contribution in [2.24, 2.45) is 5.10 Å². The van der Waals surface area contributed by atoms with E-state index in [1.54, 1.807) is 6.21 Å². The van der Waals surface area contributed by atoms with Crippen molar-refractivity contribution < 1.29 is 14.3 Å². The number of hydrogen-bond donors (Lipinski definition) is 2. The minimum atomic E-state index is -0.234. The lowest BCUT2D eigenvalue weighted by atomic mass is 10.2. The molecule has 0 aliphatic carbocycles. The Balaban J connectivity index is 1.60. The van der Waals surface area contributed by atoms with Gasteiger partial charge in [-0.1, -0.05) is 48.5 Å². The number of halogens is 1. The summed E-state index contributed by atoms with van der Waals surface area (Å²) in [5, 5.41) is 7.09. The van der Waals surface area contributed by atoms with Crippen LogP contribution < -0.4 is 20.2 Å². The third-order valence-electron chi connectivity index (χ3n) is 4.19. The van der Waals surface area contributed by atoms with Gasteiger partial charge in [0.15, 0.2) is 11.5 Å². The number of hydrazone groups is 1. The van der Waals surface area contributed by atoms with Gasteiger partial charge in [-0.15, -0.1) is 0 Å². The lowest BCUT2D eigenvalue weighted by Gasteiger charge is -2.14. The van der Waals surface area contributed by atoms with Crippen LogP contribution in [0.4, 0.5) is 5.69 Å². The van der Waals surface area contributed by atoms with Crippen LogP contribution in [0.1, 0.15) is 18.1 Å². The predicted molar refractivity (Wildman–Crippen MR) is 132 cm³/mol. The van der Waals surface area contributed by atoms with Crippen molar-refractivity contribution in [3.05, 3.63) is 87.5 Å². The largest absolute Gasteiger partial charge is 0.490 e. The first-order valence-corrected chi connectivity index (χ1v) is 11.0. The minimum Gasteiger partial charge on any atom is -0.490 e. The van der Waals surface area contributed by atoms with E-state index in [-0.39, 0.29) is 12.5 Å². The summed E-state index contributed by atoms with van der Waals surface area (Å²) < 4.78 is 12.7. The van der Waals surface area contributed by atoms with E-state index >= 15 is 0 Å². The number of carbonyl (C=O) groups excluding carboxylic acids is 1. The molecule has 7 heteroatoms. The van der Waals surface area contributed by atoms with Gasteiger partial charge in [0.2, 0.25) is 0 Å². The van der Waals surface area contributed by atoms with Gasteiger partial charge in [-0.05, 0) is 64.9 Å². The van der Waals surface area contributed by atoms with Gasteiger partial charge in [0.05, 0.1) is 22.9 Å². The second-order valence-electron chi connectivity index (χ2n) is 6.55. The smallest absolute Gasteiger partial charge is 0.259 e. The van der Waals surface area contributed by atoms with Crippen molar-refractivity contribution in [3.63, 3.8) is 0 Å². The Morgan fingerprint density at radius 2 is 1.74 bits per heavy atom. The summed E-state index contributed by atoms with van der Waals surface area (Å²) in [6.45, 7) is 3.03. The number of ether oxygens (including phenoxy) is 2. The van der Waals surface area contributed by atoms with Crippen LogP contribution in [0, 0.1) is 3.57 Å². The molecule has 0 saturated carbocycles. The molecular weight excluding hydrogens is 505 g/mol. The first-order valence-electron chi connectivity index (χ1n) is 9.89. The van der Waals surface area contributed by atoms with Gasteiger partial charge in [-0.2, -0.15) is 5.10 Å². The van der Waals surface area contributed by atoms with E-state index in [0.29, 0.717) is 24.7 Å². The van der Waals surface area contributed by atoms with Crippen LogP contribution in [0.25, 0.3) is 0 Å². The van der Waals surface area contributed by atoms with Crippen LogP contribution in [0.5, 0.6) is 11.5 Å². The van der Waals surface area contributed by atoms with E-state index < -0.39 is 0 Å². The number of nitrogens with zero attached hydrogens (tertiary/aromatic N) is 1. The van der Waals surface area contributed by atoms with E-state index in [1.807, 2.05) is 79.7 Å². The fourth-order valence-corrected chi connectivity index (χ4v) is 3.53. The van der Waals surface area contributed by atoms with Gasteiger partial charge < -0.3 is 14.8 Å². The molecule has 0 aliphatic rings. The van der Waals surface area contributed by atoms with E-state index in [2.05, 4.69) is 38.4 Å². The Labute approximate surface area is 195 Å². The number of anilines is 1. The van der Waals surface area contributed by atoms with Crippen molar-refractivity contribution in [1.29, 1.82) is 0 Å². The average molecular weight is 529 g/mol. The Bertz CT molecular complexity index is 1010. The number of carbonyl (C=O) groups is 1. The fourth-order valence-electron chi connectivity index (χ4n) is 2.75. The molecule has 0 bridgehead atoms. The standard InChI is InChI=1S/C24H24IN3O3/c1-2-30-22-14-19(13-21(25)24(22)31-17-18-9-5-3-6-10-18)15-27-28-23(29)16-26-20-11-7-4-8-12-20/h3-15,26H,2,16-17H2,1H3,(H,28,29)/b27-15-. The molecule has 0 radical (unpaired) electrons. The third kappa shape index (κ3) is 7.29. The highest BCUT2D eigenvalue weighted by atomic mass is 127. The van der Waals surface area contributed by atoms with Crippen LogP contribution in [-0.2, 0) is 11.4 Å². The van der Waals surface area contributed by atoms with E-state index in [0.717, 1.165) is 20.4 Å². The quantitative estimate of drug-likeness (QED) is 0.224. The molecule has 3 rings (SSSR count). The molecule has 0 saturated heterocycles. The Kier molecular flexibility index (Phi) is 8.71. The topological polar surface area (TPSA) is 72.0 Å². The summed E-state index contributed by atoms with van der Waals surface area (Å²) >= 11 is 2.21. The lowest BCUT2D eigenvalue weighted by molar-refractivity contribution is -0.119. The third-order valence-corrected chi connectivity index (χ3v) is 4.99. The Hall–Kier alpha value is -3.07. The molecule has 0 unspecified atom stereocenters. The summed E-state index contributed by atoms with van der Waals surface area (Å²) in [6.07, 6.45) is 1.59. The Morgan fingerprint density at radius 1 is 1.03 bits per heavy atom. The monoisotopic (exact) mass is 529 g/mol. The fraction of sp³-hybridized carbons (Fsp3) is 0.167. The Morgan fingerprint density at radius 3 is 2.45 bits per heavy atom. The highest BCUT2D eigenvalue weighted by molar-refractivity contribution is 14.1. The van der Waals surface area contributed by atoms with Crippen molar-refractivity contribution >= 4 is 40.4 Å². The zero-order chi connectivity index (χ0) is 21.9. The molecule has 2 N–H and O–H groups in total. The van der Waals surface area contributed by atoms with Gasteiger partial charge in [0.1, 0.15) is 6.61 Å². The van der Waals surface area contributed by atoms with Gasteiger partial charge >= 0.3 is 0 Å². The zero-order valence-corrected chi connectivity index (χ0v) is 19.3. The summed E-state index contributed by atoms with van der Waals surface area (Å²) in [7, 11) is 0. The predicted octanol–water partition coefficient (Wildman–Crippen LogP) is 4.83. The van der Waals surface area contributed by atoms with Crippen LogP contribution in [0.2, 0.25) is 0 Å². The molecule has 6 nitrogen and oxygen atoms in total. The van der Waals surface area contributed by atoms with E-state index in [1.165, 1.54) is 0 Å². The van der Waals surface area contributed by atoms with Gasteiger partial charge in [-0.3, -0.25) is 4.79 Å². The number of rotatable bonds is 10. The van der Waals surface area contributed by atoms with Crippen LogP contribution in [0.15, 0.2) is 77.9 Å². The summed E-state index contributed by atoms with van der Waals surface area (Å²) in [5.41, 5.74) is 5.29. The molecule has 3 aromatic carbocycles. The zero-order valence-electron chi connectivity index (χ0n) is 17.2. The number of hydrogen-bond acceptors (Lipinski definition) is 5. The maximum Gasteiger partial charge on any atom is 0.259 e. The molecular formula is C24H24IN3O3. The molecule has 0 spiro atoms. The van der Waals surface area contributed by atoms with Gasteiger partial charge in [-0.25, -0.2) is 5.43 Å². The number of nitrogens with one attached hydrogen (secondary N) is 2. The molecule has 31 heavy (non-hydrogen) atoms. The summed E-state index contributed by atoms with van der Waals surface area (Å²) in [6, 6.07) is 23.3. The average Bonchev–Trinajstić information content (AvgIpc) is 2.79. The molecule has 160 valence electrons. The first-order chi connectivity index (χ1) is 15.2. The van der Waals surface area contributed by atoms with Crippen molar-refractivity contribution in [3.8, 4) is 11.5 Å².